The number of hydrogen-bond acceptors (Lipinski definition) is 8. The lowest BCUT2D eigenvalue weighted by molar-refractivity contribution is -0.158. The summed E-state index contributed by atoms with van der Waals surface area (Å²) in [5.74, 6) is -0.0730. The van der Waals surface area contributed by atoms with Crippen LogP contribution in [0.2, 0.25) is 0 Å². The lowest BCUT2D eigenvalue weighted by Gasteiger charge is -2.28. The third-order valence-electron chi connectivity index (χ3n) is 3.84. The summed E-state index contributed by atoms with van der Waals surface area (Å²) in [7, 11) is 1.22. The fourth-order valence-corrected chi connectivity index (χ4v) is 2.26. The van der Waals surface area contributed by atoms with Crippen LogP contribution in [0.1, 0.15) is 46.6 Å². The number of pyridine rings is 1. The predicted octanol–water partition coefficient (Wildman–Crippen LogP) is 3.91. The average molecular weight is 447 g/mol. The van der Waals surface area contributed by atoms with E-state index < -0.39 is 28.5 Å². The SMILES string of the molecule is CCOC(=O)C(CC)(CO)Cc1ccc(NC(=O)OC(C)(C)C)nc1.COC(=O)Cl. The summed E-state index contributed by atoms with van der Waals surface area (Å²) in [5.41, 5.74) is -1.59. The Kier molecular flexibility index (Phi) is 12.0. The second-order valence-electron chi connectivity index (χ2n) is 7.31. The zero-order chi connectivity index (χ0) is 23.4. The highest BCUT2D eigenvalue weighted by Crippen LogP contribution is 2.28. The topological polar surface area (TPSA) is 124 Å². The van der Waals surface area contributed by atoms with Crippen LogP contribution >= 0.6 is 11.6 Å². The summed E-state index contributed by atoms with van der Waals surface area (Å²) in [6, 6.07) is 3.38. The number of ether oxygens (including phenoxy) is 3. The second kappa shape index (κ2) is 13.0. The maximum Gasteiger partial charge on any atom is 0.413 e. The maximum atomic E-state index is 12.2. The van der Waals surface area contributed by atoms with Gasteiger partial charge in [0.15, 0.2) is 0 Å². The number of halogens is 1. The van der Waals surface area contributed by atoms with E-state index >= 15 is 0 Å². The molecule has 0 fully saturated rings. The lowest BCUT2D eigenvalue weighted by atomic mass is 9.80. The highest BCUT2D eigenvalue weighted by molar-refractivity contribution is 6.61. The van der Waals surface area contributed by atoms with Gasteiger partial charge in [0.2, 0.25) is 0 Å². The number of esters is 1. The normalized spacial score (nSPS) is 12.5. The van der Waals surface area contributed by atoms with Gasteiger partial charge in [0.05, 0.1) is 25.7 Å². The van der Waals surface area contributed by atoms with Crippen molar-refractivity contribution < 1.29 is 33.7 Å². The van der Waals surface area contributed by atoms with E-state index in [1.54, 1.807) is 46.0 Å². The number of nitrogens with zero attached hydrogens (tertiary/aromatic N) is 1. The number of nitrogens with one attached hydrogen (secondary N) is 1. The fraction of sp³-hybridized carbons (Fsp3) is 0.600. The van der Waals surface area contributed by atoms with E-state index in [0.717, 1.165) is 5.56 Å². The van der Waals surface area contributed by atoms with Crippen LogP contribution in [0.5, 0.6) is 0 Å². The molecule has 170 valence electrons. The molecule has 1 rings (SSSR count). The van der Waals surface area contributed by atoms with Gasteiger partial charge in [-0.2, -0.15) is 0 Å². The van der Waals surface area contributed by atoms with Crippen LogP contribution in [0.15, 0.2) is 18.3 Å². The molecule has 1 atom stereocenters. The Labute approximate surface area is 182 Å². The zero-order valence-corrected chi connectivity index (χ0v) is 19.0. The number of aliphatic hydroxyl groups is 1. The Morgan fingerprint density at radius 3 is 2.17 bits per heavy atom. The van der Waals surface area contributed by atoms with Crippen molar-refractivity contribution in [1.29, 1.82) is 0 Å². The summed E-state index contributed by atoms with van der Waals surface area (Å²) in [4.78, 5) is 37.4. The number of amides is 1. The quantitative estimate of drug-likeness (QED) is 0.367. The molecule has 30 heavy (non-hydrogen) atoms. The third-order valence-corrected chi connectivity index (χ3v) is 4.00. The van der Waals surface area contributed by atoms with E-state index in [4.69, 9.17) is 9.47 Å². The molecule has 0 radical (unpaired) electrons. The Balaban J connectivity index is 0.00000150. The van der Waals surface area contributed by atoms with E-state index in [2.05, 4.69) is 26.6 Å². The minimum Gasteiger partial charge on any atom is -0.465 e. The Morgan fingerprint density at radius 2 is 1.80 bits per heavy atom. The molecule has 0 spiro atoms. The first-order valence-corrected chi connectivity index (χ1v) is 9.77. The molecule has 1 amide bonds. The smallest absolute Gasteiger partial charge is 0.413 e. The molecule has 9 nitrogen and oxygen atoms in total. The van der Waals surface area contributed by atoms with Crippen LogP contribution in [-0.4, -0.2) is 53.5 Å². The predicted molar refractivity (Wildman–Crippen MR) is 112 cm³/mol. The van der Waals surface area contributed by atoms with Gasteiger partial charge in [-0.15, -0.1) is 0 Å². The van der Waals surface area contributed by atoms with Crippen LogP contribution in [-0.2, 0) is 25.4 Å². The Morgan fingerprint density at radius 1 is 1.20 bits per heavy atom. The zero-order valence-electron chi connectivity index (χ0n) is 18.3. The van der Waals surface area contributed by atoms with Gasteiger partial charge in [0.25, 0.3) is 0 Å². The number of anilines is 1. The molecular formula is C20H31ClN2O7. The molecule has 1 aromatic heterocycles. The molecule has 0 aliphatic carbocycles. The number of aromatic nitrogens is 1. The Hall–Kier alpha value is -2.39. The fourth-order valence-electron chi connectivity index (χ4n) is 2.26. The highest BCUT2D eigenvalue weighted by atomic mass is 35.5. The van der Waals surface area contributed by atoms with Crippen molar-refractivity contribution in [3.63, 3.8) is 0 Å². The van der Waals surface area contributed by atoms with Gasteiger partial charge in [-0.3, -0.25) is 10.1 Å². The van der Waals surface area contributed by atoms with E-state index in [-0.39, 0.29) is 13.2 Å². The van der Waals surface area contributed by atoms with Crippen molar-refractivity contribution in [3.05, 3.63) is 23.9 Å². The van der Waals surface area contributed by atoms with E-state index in [0.29, 0.717) is 18.7 Å². The largest absolute Gasteiger partial charge is 0.465 e. The number of carbonyl (C=O) groups excluding carboxylic acids is 3. The van der Waals surface area contributed by atoms with E-state index in [1.165, 1.54) is 7.11 Å². The molecule has 0 saturated carbocycles. The summed E-state index contributed by atoms with van der Waals surface area (Å²) >= 11 is 4.60. The second-order valence-corrected chi connectivity index (χ2v) is 7.62. The lowest BCUT2D eigenvalue weighted by Crippen LogP contribution is -2.38. The van der Waals surface area contributed by atoms with Gasteiger partial charge in [-0.1, -0.05) is 13.0 Å². The molecular weight excluding hydrogens is 416 g/mol. The molecule has 10 heteroatoms. The monoisotopic (exact) mass is 446 g/mol. The first-order valence-electron chi connectivity index (χ1n) is 9.39. The first-order chi connectivity index (χ1) is 13.9. The molecule has 2 N–H and O–H groups in total. The molecule has 0 aliphatic rings. The summed E-state index contributed by atoms with van der Waals surface area (Å²) < 4.78 is 14.1. The summed E-state index contributed by atoms with van der Waals surface area (Å²) in [6.45, 7) is 8.85. The number of hydrogen-bond donors (Lipinski definition) is 2. The summed E-state index contributed by atoms with van der Waals surface area (Å²) in [6.07, 6.45) is 1.72. The number of rotatable bonds is 7. The third kappa shape index (κ3) is 10.4. The number of aliphatic hydroxyl groups excluding tert-OH is 1. The molecule has 0 bridgehead atoms. The van der Waals surface area contributed by atoms with Crippen molar-refractivity contribution in [1.82, 2.24) is 4.98 Å². The standard InChI is InChI=1S/C18H28N2O5.C2H3ClO2/c1-6-18(12-21,15(22)24-7-2)10-13-8-9-14(19-11-13)20-16(23)25-17(3,4)5;1-5-2(3)4/h8-9,11,21H,6-7,10,12H2,1-5H3,(H,19,20,23);1H3. The summed E-state index contributed by atoms with van der Waals surface area (Å²) in [5, 5.41) is 12.3. The van der Waals surface area contributed by atoms with Crippen molar-refractivity contribution >= 4 is 34.9 Å². The van der Waals surface area contributed by atoms with Crippen LogP contribution in [0.25, 0.3) is 0 Å². The van der Waals surface area contributed by atoms with Crippen molar-refractivity contribution in [3.8, 4) is 0 Å². The molecule has 0 aromatic carbocycles. The molecule has 1 heterocycles. The minimum atomic E-state index is -0.988. The number of carbonyl (C=O) groups is 3. The van der Waals surface area contributed by atoms with Crippen molar-refractivity contribution in [2.45, 2.75) is 53.1 Å². The van der Waals surface area contributed by atoms with Gasteiger partial charge in [0, 0.05) is 17.8 Å². The van der Waals surface area contributed by atoms with Crippen molar-refractivity contribution in [2.75, 3.05) is 25.6 Å². The van der Waals surface area contributed by atoms with Crippen LogP contribution in [0.3, 0.4) is 0 Å². The first kappa shape index (κ1) is 27.6. The Bertz CT molecular complexity index is 683. The number of methoxy groups -OCH3 is 1. The van der Waals surface area contributed by atoms with E-state index in [9.17, 15) is 19.5 Å². The van der Waals surface area contributed by atoms with Gasteiger partial charge < -0.3 is 19.3 Å². The highest BCUT2D eigenvalue weighted by Gasteiger charge is 2.38. The molecule has 1 aromatic rings. The molecule has 0 saturated heterocycles. The molecule has 1 unspecified atom stereocenters. The van der Waals surface area contributed by atoms with Gasteiger partial charge in [-0.05, 0) is 52.2 Å². The van der Waals surface area contributed by atoms with E-state index in [1.807, 2.05) is 6.92 Å². The minimum absolute atomic E-state index is 0.261. The van der Waals surface area contributed by atoms with Crippen LogP contribution in [0, 0.1) is 5.41 Å². The average Bonchev–Trinajstić information content (AvgIpc) is 2.66. The van der Waals surface area contributed by atoms with Gasteiger partial charge >= 0.3 is 17.5 Å². The molecule has 0 aliphatic heterocycles. The van der Waals surface area contributed by atoms with Crippen molar-refractivity contribution in [2.24, 2.45) is 5.41 Å². The van der Waals surface area contributed by atoms with Gasteiger partial charge in [-0.25, -0.2) is 14.6 Å². The maximum absolute atomic E-state index is 12.2. The van der Waals surface area contributed by atoms with Gasteiger partial charge in [0.1, 0.15) is 11.4 Å². The van der Waals surface area contributed by atoms with Crippen LogP contribution < -0.4 is 5.32 Å². The van der Waals surface area contributed by atoms with Crippen LogP contribution in [0.4, 0.5) is 15.4 Å².